The summed E-state index contributed by atoms with van der Waals surface area (Å²) in [5.41, 5.74) is -0.302. The summed E-state index contributed by atoms with van der Waals surface area (Å²) in [4.78, 5) is 12.7. The number of hydrogen-bond donors (Lipinski definition) is 2. The number of rotatable bonds is 5. The normalized spacial score (nSPS) is 31.1. The summed E-state index contributed by atoms with van der Waals surface area (Å²) in [6.45, 7) is 3.06. The largest absolute Gasteiger partial charge is 0.354 e. The van der Waals surface area contributed by atoms with Crippen molar-refractivity contribution in [3.8, 4) is 0 Å². The van der Waals surface area contributed by atoms with Crippen molar-refractivity contribution in [2.75, 3.05) is 50.0 Å². The lowest BCUT2D eigenvalue weighted by molar-refractivity contribution is -0.133. The minimum absolute atomic E-state index is 0. The molecule has 0 aromatic rings. The molecule has 2 saturated heterocycles. The number of halogens is 1. The molecule has 1 saturated carbocycles. The average molecular weight is 398 g/mol. The van der Waals surface area contributed by atoms with Crippen molar-refractivity contribution in [1.29, 1.82) is 0 Å². The van der Waals surface area contributed by atoms with E-state index in [0.29, 0.717) is 19.0 Å². The Labute approximate surface area is 155 Å². The lowest BCUT2D eigenvalue weighted by atomic mass is 9.67. The predicted octanol–water partition coefficient (Wildman–Crippen LogP) is 0.683. The smallest absolute Gasteiger partial charge is 0.227 e. The maximum Gasteiger partial charge on any atom is 0.227 e. The van der Waals surface area contributed by atoms with Gasteiger partial charge in [-0.1, -0.05) is 12.8 Å². The van der Waals surface area contributed by atoms with Crippen LogP contribution in [-0.4, -0.2) is 68.6 Å². The molecular formula is C15H28ClN3O3S2. The van der Waals surface area contributed by atoms with Gasteiger partial charge in [0.2, 0.25) is 15.9 Å². The third kappa shape index (κ3) is 4.20. The molecule has 0 aromatic carbocycles. The molecule has 9 heteroatoms. The zero-order valence-corrected chi connectivity index (χ0v) is 16.4. The first-order valence-electron chi connectivity index (χ1n) is 8.59. The van der Waals surface area contributed by atoms with Crippen LogP contribution < -0.4 is 10.6 Å². The van der Waals surface area contributed by atoms with Crippen LogP contribution in [0, 0.1) is 11.3 Å². The van der Waals surface area contributed by atoms with E-state index in [4.69, 9.17) is 0 Å². The van der Waals surface area contributed by atoms with Gasteiger partial charge in [-0.05, 0) is 25.3 Å². The number of hydrogen-bond acceptors (Lipinski definition) is 5. The van der Waals surface area contributed by atoms with Gasteiger partial charge in [0.25, 0.3) is 0 Å². The van der Waals surface area contributed by atoms with Crippen LogP contribution in [0.1, 0.15) is 25.7 Å². The molecule has 2 atom stereocenters. The molecule has 3 fully saturated rings. The molecule has 0 unspecified atom stereocenters. The van der Waals surface area contributed by atoms with E-state index >= 15 is 0 Å². The number of fused-ring (bicyclic) bond motifs is 1. The zero-order chi connectivity index (χ0) is 16.3. The Morgan fingerprint density at radius 2 is 2.04 bits per heavy atom. The summed E-state index contributed by atoms with van der Waals surface area (Å²) in [7, 11) is -3.24. The van der Waals surface area contributed by atoms with E-state index in [1.807, 2.05) is 0 Å². The highest BCUT2D eigenvalue weighted by Gasteiger charge is 2.49. The van der Waals surface area contributed by atoms with Gasteiger partial charge in [-0.3, -0.25) is 4.79 Å². The first kappa shape index (κ1) is 20.3. The van der Waals surface area contributed by atoms with Crippen LogP contribution in [0.5, 0.6) is 0 Å². The van der Waals surface area contributed by atoms with Crippen LogP contribution >= 0.6 is 24.2 Å². The highest BCUT2D eigenvalue weighted by atomic mass is 35.5. The average Bonchev–Trinajstić information content (AvgIpc) is 3.00. The Bertz CT molecular complexity index is 540. The second-order valence-electron chi connectivity index (χ2n) is 6.81. The van der Waals surface area contributed by atoms with Gasteiger partial charge in [0.05, 0.1) is 11.2 Å². The van der Waals surface area contributed by atoms with Gasteiger partial charge in [0.1, 0.15) is 0 Å². The molecule has 1 aliphatic carbocycles. The van der Waals surface area contributed by atoms with E-state index in [-0.39, 0.29) is 36.0 Å². The molecule has 3 aliphatic rings. The van der Waals surface area contributed by atoms with Crippen LogP contribution in [0.15, 0.2) is 0 Å². The van der Waals surface area contributed by atoms with Crippen molar-refractivity contribution in [3.05, 3.63) is 0 Å². The molecule has 2 aliphatic heterocycles. The fourth-order valence-corrected chi connectivity index (χ4v) is 6.61. The van der Waals surface area contributed by atoms with Gasteiger partial charge in [-0.25, -0.2) is 12.7 Å². The van der Waals surface area contributed by atoms with E-state index < -0.39 is 10.0 Å². The van der Waals surface area contributed by atoms with Crippen LogP contribution in [0.25, 0.3) is 0 Å². The first-order valence-corrected chi connectivity index (χ1v) is 11.4. The molecule has 2 heterocycles. The quantitative estimate of drug-likeness (QED) is 0.713. The number of sulfonamides is 1. The van der Waals surface area contributed by atoms with Crippen LogP contribution in [-0.2, 0) is 14.8 Å². The van der Waals surface area contributed by atoms with E-state index in [1.165, 1.54) is 6.42 Å². The Kier molecular flexibility index (Phi) is 7.25. The number of amides is 1. The minimum atomic E-state index is -3.24. The van der Waals surface area contributed by atoms with E-state index in [9.17, 15) is 13.2 Å². The molecule has 3 rings (SSSR count). The highest BCUT2D eigenvalue weighted by molar-refractivity contribution is 7.99. The summed E-state index contributed by atoms with van der Waals surface area (Å²) in [5, 5.41) is 6.27. The summed E-state index contributed by atoms with van der Waals surface area (Å²) in [6, 6.07) is 0. The molecule has 24 heavy (non-hydrogen) atoms. The zero-order valence-electron chi connectivity index (χ0n) is 14.0. The van der Waals surface area contributed by atoms with Gasteiger partial charge >= 0.3 is 0 Å². The fourth-order valence-electron chi connectivity index (χ4n) is 4.11. The second kappa shape index (κ2) is 8.58. The van der Waals surface area contributed by atoms with E-state index in [1.54, 1.807) is 16.1 Å². The Hall–Kier alpha value is -0.0200. The van der Waals surface area contributed by atoms with Crippen LogP contribution in [0.3, 0.4) is 0 Å². The molecule has 1 amide bonds. The highest BCUT2D eigenvalue weighted by Crippen LogP contribution is 2.43. The maximum atomic E-state index is 12.7. The summed E-state index contributed by atoms with van der Waals surface area (Å²) < 4.78 is 26.2. The van der Waals surface area contributed by atoms with E-state index in [0.717, 1.165) is 43.9 Å². The van der Waals surface area contributed by atoms with Gasteiger partial charge < -0.3 is 10.6 Å². The van der Waals surface area contributed by atoms with Crippen molar-refractivity contribution >= 4 is 40.1 Å². The second-order valence-corrected chi connectivity index (χ2v) is 10.1. The van der Waals surface area contributed by atoms with Gasteiger partial charge in [0, 0.05) is 37.7 Å². The molecular weight excluding hydrogens is 370 g/mol. The molecule has 0 radical (unpaired) electrons. The standard InChI is InChI=1S/C15H27N3O3S2.ClH/c19-14(15-4-2-1-3-13(15)11-16-12-15)17-5-10-23(20,21)18-6-8-22-9-7-18;/h13,16H,1-12H2,(H,17,19);1H/t13-,15+;/m0./s1. The topological polar surface area (TPSA) is 78.5 Å². The Morgan fingerprint density at radius 1 is 1.29 bits per heavy atom. The molecule has 6 nitrogen and oxygen atoms in total. The molecule has 2 N–H and O–H groups in total. The Morgan fingerprint density at radius 3 is 2.79 bits per heavy atom. The third-order valence-corrected chi connectivity index (χ3v) is 8.31. The number of carbonyl (C=O) groups excluding carboxylic acids is 1. The number of carbonyl (C=O) groups is 1. The maximum absolute atomic E-state index is 12.7. The number of thioether (sulfide) groups is 1. The number of nitrogens with one attached hydrogen (secondary N) is 2. The van der Waals surface area contributed by atoms with Crippen molar-refractivity contribution in [3.63, 3.8) is 0 Å². The monoisotopic (exact) mass is 397 g/mol. The minimum Gasteiger partial charge on any atom is -0.354 e. The SMILES string of the molecule is Cl.O=C(NCCS(=O)(=O)N1CCSCC1)[C@@]12CCCC[C@H]1CNC2. The molecule has 0 bridgehead atoms. The molecule has 140 valence electrons. The van der Waals surface area contributed by atoms with Crippen molar-refractivity contribution in [1.82, 2.24) is 14.9 Å². The summed E-state index contributed by atoms with van der Waals surface area (Å²) in [6.07, 6.45) is 4.31. The van der Waals surface area contributed by atoms with Crippen LogP contribution in [0.2, 0.25) is 0 Å². The Balaban J connectivity index is 0.00000208. The third-order valence-electron chi connectivity index (χ3n) is 5.50. The van der Waals surface area contributed by atoms with E-state index in [2.05, 4.69) is 10.6 Å². The predicted molar refractivity (Wildman–Crippen MR) is 100 cm³/mol. The lowest BCUT2D eigenvalue weighted by Gasteiger charge is -2.37. The van der Waals surface area contributed by atoms with Gasteiger partial charge in [-0.15, -0.1) is 12.4 Å². The van der Waals surface area contributed by atoms with Crippen molar-refractivity contribution in [2.45, 2.75) is 25.7 Å². The van der Waals surface area contributed by atoms with Crippen molar-refractivity contribution < 1.29 is 13.2 Å². The van der Waals surface area contributed by atoms with Gasteiger partial charge in [0.15, 0.2) is 0 Å². The fraction of sp³-hybridized carbons (Fsp3) is 0.933. The summed E-state index contributed by atoms with van der Waals surface area (Å²) in [5.74, 6) is 2.20. The first-order chi connectivity index (χ1) is 11.0. The lowest BCUT2D eigenvalue weighted by Crippen LogP contribution is -2.49. The van der Waals surface area contributed by atoms with Crippen LogP contribution in [0.4, 0.5) is 0 Å². The van der Waals surface area contributed by atoms with Gasteiger partial charge in [-0.2, -0.15) is 11.8 Å². The summed E-state index contributed by atoms with van der Waals surface area (Å²) >= 11 is 1.79. The molecule has 0 spiro atoms. The van der Waals surface area contributed by atoms with Crippen molar-refractivity contribution in [2.24, 2.45) is 11.3 Å². The molecule has 0 aromatic heterocycles. The number of nitrogens with zero attached hydrogens (tertiary/aromatic N) is 1.